The first kappa shape index (κ1) is 17.1. The number of pyridine rings is 1. The fourth-order valence-electron chi connectivity index (χ4n) is 1.87. The maximum absolute atomic E-state index is 12.9. The number of hydrogen-bond donors (Lipinski definition) is 1. The maximum Gasteiger partial charge on any atom is 0.573 e. The maximum atomic E-state index is 12.9. The number of halogens is 6. The van der Waals surface area contributed by atoms with Crippen molar-refractivity contribution < 1.29 is 36.2 Å². The lowest BCUT2D eigenvalue weighted by Gasteiger charge is -2.13. The molecule has 2 aromatic rings. The Balaban J connectivity index is 2.45. The number of aromatic nitrogens is 1. The second-order valence-electron chi connectivity index (χ2n) is 4.44. The molecule has 2 rings (SSSR count). The third-order valence-electron chi connectivity index (χ3n) is 2.78. The average molecular weight is 337 g/mol. The molecule has 9 heteroatoms. The minimum Gasteiger partial charge on any atom is -0.406 e. The standard InChI is InChI=1S/C14H9F6NO2/c15-13(16,17)12-9(7-22)4-5-11(21-12)8-2-1-3-10(6-8)23-14(18,19)20/h1-6,22H,7H2. The van der Waals surface area contributed by atoms with Gasteiger partial charge in [-0.1, -0.05) is 18.2 Å². The summed E-state index contributed by atoms with van der Waals surface area (Å²) in [6.07, 6.45) is -9.71. The van der Waals surface area contributed by atoms with Gasteiger partial charge in [-0.15, -0.1) is 13.2 Å². The molecule has 0 amide bonds. The lowest BCUT2D eigenvalue weighted by atomic mass is 10.1. The minimum atomic E-state index is -4.91. The number of ether oxygens (including phenoxy) is 1. The van der Waals surface area contributed by atoms with Crippen LogP contribution in [0.2, 0.25) is 0 Å². The van der Waals surface area contributed by atoms with E-state index in [1.807, 2.05) is 0 Å². The van der Waals surface area contributed by atoms with Crippen LogP contribution in [0.5, 0.6) is 5.75 Å². The van der Waals surface area contributed by atoms with Crippen molar-refractivity contribution >= 4 is 0 Å². The largest absolute Gasteiger partial charge is 0.573 e. The van der Waals surface area contributed by atoms with Gasteiger partial charge in [0.15, 0.2) is 5.69 Å². The third kappa shape index (κ3) is 4.35. The van der Waals surface area contributed by atoms with Crippen LogP contribution in [0.4, 0.5) is 26.3 Å². The molecule has 3 nitrogen and oxygen atoms in total. The monoisotopic (exact) mass is 337 g/mol. The van der Waals surface area contributed by atoms with Crippen molar-refractivity contribution in [3.63, 3.8) is 0 Å². The number of rotatable bonds is 3. The molecule has 0 radical (unpaired) electrons. The molecule has 0 saturated carbocycles. The Kier molecular flexibility index (Phi) is 4.51. The predicted octanol–water partition coefficient (Wildman–Crippen LogP) is 4.16. The SMILES string of the molecule is OCc1ccc(-c2cccc(OC(F)(F)F)c2)nc1C(F)(F)F. The number of benzene rings is 1. The second-order valence-corrected chi connectivity index (χ2v) is 4.44. The van der Waals surface area contributed by atoms with E-state index in [1.54, 1.807) is 0 Å². The topological polar surface area (TPSA) is 42.4 Å². The summed E-state index contributed by atoms with van der Waals surface area (Å²) in [4.78, 5) is 3.40. The summed E-state index contributed by atoms with van der Waals surface area (Å²) >= 11 is 0. The summed E-state index contributed by atoms with van der Waals surface area (Å²) in [6.45, 7) is -0.862. The van der Waals surface area contributed by atoms with E-state index in [2.05, 4.69) is 9.72 Å². The summed E-state index contributed by atoms with van der Waals surface area (Å²) in [6, 6.07) is 6.63. The molecule has 0 saturated heterocycles. The van der Waals surface area contributed by atoms with Gasteiger partial charge in [-0.05, 0) is 18.2 Å². The van der Waals surface area contributed by atoms with Crippen LogP contribution in [-0.2, 0) is 12.8 Å². The number of aliphatic hydroxyl groups excluding tert-OH is 1. The Bertz CT molecular complexity index is 696. The first-order chi connectivity index (χ1) is 10.6. The Morgan fingerprint density at radius 3 is 2.26 bits per heavy atom. The van der Waals surface area contributed by atoms with Crippen molar-refractivity contribution in [2.75, 3.05) is 0 Å². The van der Waals surface area contributed by atoms with E-state index in [-0.39, 0.29) is 11.3 Å². The fourth-order valence-corrected chi connectivity index (χ4v) is 1.87. The summed E-state index contributed by atoms with van der Waals surface area (Å²) in [5, 5.41) is 8.93. The second kappa shape index (κ2) is 6.07. The van der Waals surface area contributed by atoms with E-state index >= 15 is 0 Å². The molecule has 124 valence electrons. The highest BCUT2D eigenvalue weighted by molar-refractivity contribution is 5.61. The first-order valence-corrected chi connectivity index (χ1v) is 6.14. The highest BCUT2D eigenvalue weighted by Crippen LogP contribution is 2.33. The van der Waals surface area contributed by atoms with Gasteiger partial charge in [-0.3, -0.25) is 0 Å². The van der Waals surface area contributed by atoms with Crippen molar-refractivity contribution in [3.05, 3.63) is 47.7 Å². The molecule has 1 heterocycles. The van der Waals surface area contributed by atoms with Crippen LogP contribution >= 0.6 is 0 Å². The van der Waals surface area contributed by atoms with Crippen LogP contribution in [0.25, 0.3) is 11.3 Å². The van der Waals surface area contributed by atoms with E-state index in [0.29, 0.717) is 0 Å². The smallest absolute Gasteiger partial charge is 0.406 e. The van der Waals surface area contributed by atoms with Crippen LogP contribution in [0.15, 0.2) is 36.4 Å². The molecule has 0 aliphatic heterocycles. The zero-order valence-electron chi connectivity index (χ0n) is 11.2. The Labute approximate surface area is 126 Å². The molecule has 0 fully saturated rings. The van der Waals surface area contributed by atoms with Crippen LogP contribution in [-0.4, -0.2) is 16.5 Å². The predicted molar refractivity (Wildman–Crippen MR) is 67.3 cm³/mol. The van der Waals surface area contributed by atoms with E-state index in [0.717, 1.165) is 18.2 Å². The van der Waals surface area contributed by atoms with Gasteiger partial charge in [-0.25, -0.2) is 4.98 Å². The van der Waals surface area contributed by atoms with Crippen LogP contribution in [0.3, 0.4) is 0 Å². The Morgan fingerprint density at radius 1 is 1.00 bits per heavy atom. The van der Waals surface area contributed by atoms with Gasteiger partial charge in [0.2, 0.25) is 0 Å². The zero-order valence-corrected chi connectivity index (χ0v) is 11.2. The molecule has 0 bridgehead atoms. The quantitative estimate of drug-likeness (QED) is 0.856. The Morgan fingerprint density at radius 2 is 1.70 bits per heavy atom. The van der Waals surface area contributed by atoms with Crippen LogP contribution in [0.1, 0.15) is 11.3 Å². The highest BCUT2D eigenvalue weighted by Gasteiger charge is 2.35. The van der Waals surface area contributed by atoms with Gasteiger partial charge in [0, 0.05) is 11.1 Å². The molecule has 0 spiro atoms. The van der Waals surface area contributed by atoms with E-state index in [9.17, 15) is 26.3 Å². The van der Waals surface area contributed by atoms with E-state index in [1.165, 1.54) is 18.2 Å². The average Bonchev–Trinajstić information content (AvgIpc) is 2.44. The van der Waals surface area contributed by atoms with Crippen molar-refractivity contribution in [2.45, 2.75) is 19.1 Å². The number of alkyl halides is 6. The van der Waals surface area contributed by atoms with Crippen LogP contribution < -0.4 is 4.74 Å². The number of aliphatic hydroxyl groups is 1. The Hall–Kier alpha value is -2.29. The van der Waals surface area contributed by atoms with Gasteiger partial charge in [-0.2, -0.15) is 13.2 Å². The number of nitrogens with zero attached hydrogens (tertiary/aromatic N) is 1. The molecule has 0 atom stereocenters. The molecule has 1 aromatic heterocycles. The molecule has 0 aliphatic rings. The van der Waals surface area contributed by atoms with Crippen molar-refractivity contribution in [1.82, 2.24) is 4.98 Å². The normalized spacial score (nSPS) is 12.3. The van der Waals surface area contributed by atoms with Gasteiger partial charge in [0.25, 0.3) is 0 Å². The molecule has 1 aromatic carbocycles. The van der Waals surface area contributed by atoms with Crippen molar-refractivity contribution in [2.24, 2.45) is 0 Å². The zero-order chi connectivity index (χ0) is 17.3. The minimum absolute atomic E-state index is 0.0155. The lowest BCUT2D eigenvalue weighted by molar-refractivity contribution is -0.274. The van der Waals surface area contributed by atoms with Gasteiger partial charge >= 0.3 is 12.5 Å². The van der Waals surface area contributed by atoms with Crippen molar-refractivity contribution in [1.29, 1.82) is 0 Å². The molecular formula is C14H9F6NO2. The van der Waals surface area contributed by atoms with Gasteiger partial charge in [0.05, 0.1) is 12.3 Å². The lowest BCUT2D eigenvalue weighted by Crippen LogP contribution is -2.17. The third-order valence-corrected chi connectivity index (χ3v) is 2.78. The van der Waals surface area contributed by atoms with Gasteiger partial charge < -0.3 is 9.84 Å². The summed E-state index contributed by atoms with van der Waals surface area (Å²) in [5.41, 5.74) is -1.90. The first-order valence-electron chi connectivity index (χ1n) is 6.14. The number of hydrogen-bond acceptors (Lipinski definition) is 3. The van der Waals surface area contributed by atoms with Crippen molar-refractivity contribution in [3.8, 4) is 17.0 Å². The molecular weight excluding hydrogens is 328 g/mol. The fraction of sp³-hybridized carbons (Fsp3) is 0.214. The molecule has 0 aliphatic carbocycles. The summed E-state index contributed by atoms with van der Waals surface area (Å²) in [5.74, 6) is -0.573. The van der Waals surface area contributed by atoms with Crippen LogP contribution in [0, 0.1) is 0 Å². The van der Waals surface area contributed by atoms with E-state index in [4.69, 9.17) is 5.11 Å². The van der Waals surface area contributed by atoms with Gasteiger partial charge in [0.1, 0.15) is 5.75 Å². The highest BCUT2D eigenvalue weighted by atomic mass is 19.4. The molecule has 23 heavy (non-hydrogen) atoms. The summed E-state index contributed by atoms with van der Waals surface area (Å²) < 4.78 is 78.9. The molecule has 1 N–H and O–H groups in total. The van der Waals surface area contributed by atoms with E-state index < -0.39 is 36.2 Å². The molecule has 0 unspecified atom stereocenters. The summed E-state index contributed by atoms with van der Waals surface area (Å²) in [7, 11) is 0.